The Balaban J connectivity index is 0.000000284. The van der Waals surface area contributed by atoms with Gasteiger partial charge in [0.05, 0.1) is 0 Å². The summed E-state index contributed by atoms with van der Waals surface area (Å²) in [6.45, 7) is 13.9. The fourth-order valence-corrected chi connectivity index (χ4v) is 2.86. The van der Waals surface area contributed by atoms with Gasteiger partial charge in [0.15, 0.2) is 0 Å². The van der Waals surface area contributed by atoms with Crippen LogP contribution in [0.15, 0.2) is 0 Å². The van der Waals surface area contributed by atoms with Crippen molar-refractivity contribution in [2.24, 2.45) is 23.7 Å². The van der Waals surface area contributed by atoms with Crippen LogP contribution in [-0.2, 0) is 4.79 Å². The van der Waals surface area contributed by atoms with E-state index in [-0.39, 0.29) is 6.47 Å². The summed E-state index contributed by atoms with van der Waals surface area (Å²) in [5.41, 5.74) is 0. The minimum Gasteiger partial charge on any atom is -0.483 e. The third kappa shape index (κ3) is 11.0. The first-order valence-electron chi connectivity index (χ1n) is 7.48. The average Bonchev–Trinajstić information content (AvgIpc) is 2.30. The molecule has 0 aliphatic carbocycles. The van der Waals surface area contributed by atoms with Crippen molar-refractivity contribution in [2.45, 2.75) is 40.5 Å². The largest absolute Gasteiger partial charge is 0.483 e. The minimum atomic E-state index is -0.250. The van der Waals surface area contributed by atoms with E-state index in [2.05, 4.69) is 38.3 Å². The molecule has 0 aromatic rings. The van der Waals surface area contributed by atoms with Crippen molar-refractivity contribution in [3.8, 4) is 0 Å². The molecule has 114 valence electrons. The predicted octanol–water partition coefficient (Wildman–Crippen LogP) is 2.20. The van der Waals surface area contributed by atoms with E-state index in [0.29, 0.717) is 0 Å². The minimum absolute atomic E-state index is 0.250. The predicted molar refractivity (Wildman–Crippen MR) is 80.3 cm³/mol. The van der Waals surface area contributed by atoms with Gasteiger partial charge in [-0.25, -0.2) is 0 Å². The van der Waals surface area contributed by atoms with Crippen LogP contribution in [0.25, 0.3) is 0 Å². The van der Waals surface area contributed by atoms with Gasteiger partial charge in [0.2, 0.25) is 0 Å². The summed E-state index contributed by atoms with van der Waals surface area (Å²) in [5, 5.41) is 13.7. The van der Waals surface area contributed by atoms with Crippen LogP contribution in [0.1, 0.15) is 40.5 Å². The van der Waals surface area contributed by atoms with Gasteiger partial charge in [-0.05, 0) is 62.7 Å². The van der Waals surface area contributed by atoms with Gasteiger partial charge in [0.25, 0.3) is 6.47 Å². The fourth-order valence-electron chi connectivity index (χ4n) is 2.86. The fraction of sp³-hybridized carbons (Fsp3) is 0.933. The van der Waals surface area contributed by atoms with E-state index in [1.807, 2.05) is 0 Å². The molecule has 4 unspecified atom stereocenters. The quantitative estimate of drug-likeness (QED) is 0.592. The molecule has 0 aromatic carbocycles. The Morgan fingerprint density at radius 3 is 1.11 bits per heavy atom. The maximum atomic E-state index is 8.36. The molecule has 2 aliphatic heterocycles. The summed E-state index contributed by atoms with van der Waals surface area (Å²) in [6, 6.07) is 0. The van der Waals surface area contributed by atoms with Crippen molar-refractivity contribution in [3.05, 3.63) is 0 Å². The molecule has 0 spiro atoms. The number of hydrogen-bond acceptors (Lipinski definition) is 3. The number of hydrogen-bond donors (Lipinski definition) is 3. The summed E-state index contributed by atoms with van der Waals surface area (Å²) in [4.78, 5) is 8.36. The second-order valence-electron chi connectivity index (χ2n) is 6.31. The highest BCUT2D eigenvalue weighted by atomic mass is 16.3. The molecule has 0 aromatic heterocycles. The lowest BCUT2D eigenvalue weighted by molar-refractivity contribution is -0.122. The highest BCUT2D eigenvalue weighted by molar-refractivity contribution is 5.32. The van der Waals surface area contributed by atoms with Gasteiger partial charge >= 0.3 is 0 Å². The van der Waals surface area contributed by atoms with Crippen LogP contribution in [-0.4, -0.2) is 37.8 Å². The number of rotatable bonds is 0. The number of nitrogens with one attached hydrogen (secondary N) is 2. The Kier molecular flexibility index (Phi) is 10.9. The number of piperidine rings is 2. The van der Waals surface area contributed by atoms with Crippen LogP contribution >= 0.6 is 0 Å². The van der Waals surface area contributed by atoms with Crippen molar-refractivity contribution in [2.75, 3.05) is 26.2 Å². The maximum Gasteiger partial charge on any atom is 0.290 e. The van der Waals surface area contributed by atoms with Gasteiger partial charge in [-0.3, -0.25) is 4.79 Å². The van der Waals surface area contributed by atoms with Crippen LogP contribution in [0.3, 0.4) is 0 Å². The Morgan fingerprint density at radius 2 is 1.00 bits per heavy atom. The second kappa shape index (κ2) is 11.2. The van der Waals surface area contributed by atoms with Gasteiger partial charge in [-0.1, -0.05) is 27.7 Å². The van der Waals surface area contributed by atoms with Crippen molar-refractivity contribution in [1.82, 2.24) is 10.6 Å². The highest BCUT2D eigenvalue weighted by Crippen LogP contribution is 2.14. The SMILES string of the molecule is CC1CNCC(C)C1.CC1CNCC(C)C1.O=CO. The summed E-state index contributed by atoms with van der Waals surface area (Å²) in [6.07, 6.45) is 2.82. The van der Waals surface area contributed by atoms with E-state index in [1.165, 1.54) is 39.0 Å². The lowest BCUT2D eigenvalue weighted by atomic mass is 9.94. The normalized spacial score (nSPS) is 34.1. The Bertz CT molecular complexity index is 188. The molecule has 0 bridgehead atoms. The van der Waals surface area contributed by atoms with E-state index in [9.17, 15) is 0 Å². The smallest absolute Gasteiger partial charge is 0.290 e. The van der Waals surface area contributed by atoms with E-state index in [0.717, 1.165) is 23.7 Å². The van der Waals surface area contributed by atoms with E-state index in [4.69, 9.17) is 9.90 Å². The average molecular weight is 272 g/mol. The van der Waals surface area contributed by atoms with Crippen LogP contribution in [0, 0.1) is 23.7 Å². The lowest BCUT2D eigenvalue weighted by Crippen LogP contribution is -2.33. The molecular weight excluding hydrogens is 240 g/mol. The third-order valence-electron chi connectivity index (χ3n) is 3.58. The van der Waals surface area contributed by atoms with Gasteiger partial charge in [0.1, 0.15) is 0 Å². The Morgan fingerprint density at radius 1 is 0.789 bits per heavy atom. The molecular formula is C15H32N2O2. The summed E-state index contributed by atoms with van der Waals surface area (Å²) < 4.78 is 0. The zero-order chi connectivity index (χ0) is 14.7. The van der Waals surface area contributed by atoms with Crippen LogP contribution in [0.2, 0.25) is 0 Å². The molecule has 3 N–H and O–H groups in total. The molecule has 0 amide bonds. The maximum absolute atomic E-state index is 8.36. The molecule has 2 fully saturated rings. The highest BCUT2D eigenvalue weighted by Gasteiger charge is 2.13. The van der Waals surface area contributed by atoms with E-state index in [1.54, 1.807) is 0 Å². The van der Waals surface area contributed by atoms with Crippen molar-refractivity contribution >= 4 is 6.47 Å². The third-order valence-corrected chi connectivity index (χ3v) is 3.58. The molecule has 4 heteroatoms. The molecule has 2 rings (SSSR count). The van der Waals surface area contributed by atoms with Crippen molar-refractivity contribution < 1.29 is 9.90 Å². The first kappa shape index (κ1) is 18.4. The summed E-state index contributed by atoms with van der Waals surface area (Å²) in [7, 11) is 0. The molecule has 0 saturated carbocycles. The number of carboxylic acid groups (broad SMARTS) is 1. The topological polar surface area (TPSA) is 61.4 Å². The molecule has 2 aliphatic rings. The lowest BCUT2D eigenvalue weighted by Gasteiger charge is -2.24. The van der Waals surface area contributed by atoms with Crippen LogP contribution < -0.4 is 10.6 Å². The van der Waals surface area contributed by atoms with E-state index >= 15 is 0 Å². The Hall–Kier alpha value is -0.610. The summed E-state index contributed by atoms with van der Waals surface area (Å²) >= 11 is 0. The van der Waals surface area contributed by atoms with Crippen LogP contribution in [0.5, 0.6) is 0 Å². The molecule has 4 nitrogen and oxygen atoms in total. The van der Waals surface area contributed by atoms with Gasteiger partial charge in [0, 0.05) is 0 Å². The molecule has 2 saturated heterocycles. The monoisotopic (exact) mass is 272 g/mol. The number of carbonyl (C=O) groups is 1. The molecule has 19 heavy (non-hydrogen) atoms. The first-order chi connectivity index (χ1) is 8.99. The molecule has 0 radical (unpaired) electrons. The second-order valence-corrected chi connectivity index (χ2v) is 6.31. The standard InChI is InChI=1S/2C7H15N.CH2O2/c2*1-6-3-7(2)5-8-4-6;2-1-3/h2*6-8H,3-5H2,1-2H3;1H,(H,2,3). The first-order valence-corrected chi connectivity index (χ1v) is 7.48. The van der Waals surface area contributed by atoms with Gasteiger partial charge in [-0.2, -0.15) is 0 Å². The van der Waals surface area contributed by atoms with Crippen LogP contribution in [0.4, 0.5) is 0 Å². The summed E-state index contributed by atoms with van der Waals surface area (Å²) in [5.74, 6) is 3.61. The zero-order valence-electron chi connectivity index (χ0n) is 13.0. The van der Waals surface area contributed by atoms with Crippen molar-refractivity contribution in [1.29, 1.82) is 0 Å². The van der Waals surface area contributed by atoms with Gasteiger partial charge < -0.3 is 15.7 Å². The molecule has 2 heterocycles. The van der Waals surface area contributed by atoms with E-state index < -0.39 is 0 Å². The Labute approximate surface area is 118 Å². The van der Waals surface area contributed by atoms with Crippen molar-refractivity contribution in [3.63, 3.8) is 0 Å². The van der Waals surface area contributed by atoms with Gasteiger partial charge in [-0.15, -0.1) is 0 Å². The zero-order valence-corrected chi connectivity index (χ0v) is 13.0. The molecule has 4 atom stereocenters.